The lowest BCUT2D eigenvalue weighted by Gasteiger charge is -2.33. The summed E-state index contributed by atoms with van der Waals surface area (Å²) >= 11 is 0. The van der Waals surface area contributed by atoms with Gasteiger partial charge >= 0.3 is 12.1 Å². The minimum absolute atomic E-state index is 0.0587. The molecule has 3 aromatic heterocycles. The molecule has 1 fully saturated rings. The van der Waals surface area contributed by atoms with Crippen LogP contribution in [0.25, 0.3) is 28.8 Å². The standard InChI is InChI=1S/C25H24F3N7O4/c26-25(27,28)21-18(12-31-35(21)24-29-8-2-9-30-24)23-32-22(33-39-23)17-6-4-16(5-7-17)19(36)14-34-10-1-3-15(13-34)11-20(37)38/h2,4-9,12,15,19,36H,1,3,10-11,13-14H2,(H,37,38)/t15-,19+/m1/s1. The number of aliphatic carboxylic acids is 1. The van der Waals surface area contributed by atoms with E-state index >= 15 is 0 Å². The highest BCUT2D eigenvalue weighted by molar-refractivity contribution is 5.67. The van der Waals surface area contributed by atoms with E-state index in [1.54, 1.807) is 24.3 Å². The van der Waals surface area contributed by atoms with Crippen molar-refractivity contribution >= 4 is 5.97 Å². The monoisotopic (exact) mass is 543 g/mol. The summed E-state index contributed by atoms with van der Waals surface area (Å²) in [6, 6.07) is 8.12. The molecule has 0 spiro atoms. The Balaban J connectivity index is 1.31. The van der Waals surface area contributed by atoms with Gasteiger partial charge in [-0.3, -0.25) is 4.79 Å². The number of likely N-dealkylation sites (tertiary alicyclic amines) is 1. The fourth-order valence-corrected chi connectivity index (χ4v) is 4.72. The molecule has 0 bridgehead atoms. The maximum atomic E-state index is 13.9. The number of piperidine rings is 1. The Morgan fingerprint density at radius 3 is 2.62 bits per heavy atom. The second-order valence-electron chi connectivity index (χ2n) is 9.29. The van der Waals surface area contributed by atoms with Crippen molar-refractivity contribution in [2.45, 2.75) is 31.5 Å². The van der Waals surface area contributed by atoms with Crippen molar-refractivity contribution in [1.82, 2.24) is 34.8 Å². The number of carboxylic acids is 1. The van der Waals surface area contributed by atoms with Gasteiger partial charge in [0, 0.05) is 37.5 Å². The molecule has 2 N–H and O–H groups in total. The first-order valence-corrected chi connectivity index (χ1v) is 12.2. The number of carbonyl (C=O) groups is 1. The Morgan fingerprint density at radius 2 is 1.92 bits per heavy atom. The Morgan fingerprint density at radius 1 is 1.18 bits per heavy atom. The second kappa shape index (κ2) is 10.9. The van der Waals surface area contributed by atoms with Gasteiger partial charge in [-0.15, -0.1) is 0 Å². The Bertz CT molecular complexity index is 1420. The van der Waals surface area contributed by atoms with Gasteiger partial charge in [-0.1, -0.05) is 29.4 Å². The highest BCUT2D eigenvalue weighted by Gasteiger charge is 2.41. The van der Waals surface area contributed by atoms with Gasteiger partial charge < -0.3 is 19.6 Å². The first-order valence-electron chi connectivity index (χ1n) is 12.2. The van der Waals surface area contributed by atoms with Crippen LogP contribution in [0.2, 0.25) is 0 Å². The number of carboxylic acid groups (broad SMARTS) is 1. The molecule has 4 aromatic rings. The number of halogens is 3. The summed E-state index contributed by atoms with van der Waals surface area (Å²) in [5.41, 5.74) is -0.451. The maximum absolute atomic E-state index is 13.9. The van der Waals surface area contributed by atoms with Crippen LogP contribution in [0.4, 0.5) is 13.2 Å². The molecule has 0 saturated carbocycles. The van der Waals surface area contributed by atoms with Gasteiger partial charge in [0.15, 0.2) is 5.69 Å². The van der Waals surface area contributed by atoms with E-state index < -0.39 is 29.5 Å². The molecule has 39 heavy (non-hydrogen) atoms. The molecule has 4 heterocycles. The van der Waals surface area contributed by atoms with E-state index in [4.69, 9.17) is 9.63 Å². The van der Waals surface area contributed by atoms with E-state index in [9.17, 15) is 23.1 Å². The Labute approximate surface area is 219 Å². The van der Waals surface area contributed by atoms with E-state index in [1.165, 1.54) is 18.5 Å². The third-order valence-electron chi connectivity index (χ3n) is 6.49. The molecule has 1 saturated heterocycles. The van der Waals surface area contributed by atoms with Crippen LogP contribution in [0, 0.1) is 5.92 Å². The van der Waals surface area contributed by atoms with Gasteiger partial charge in [0.2, 0.25) is 5.82 Å². The van der Waals surface area contributed by atoms with Crippen molar-refractivity contribution in [1.29, 1.82) is 0 Å². The lowest BCUT2D eigenvalue weighted by atomic mass is 9.94. The van der Waals surface area contributed by atoms with Gasteiger partial charge in [0.1, 0.15) is 0 Å². The molecule has 1 aliphatic heterocycles. The number of aliphatic hydroxyl groups excluding tert-OH is 1. The molecule has 11 nitrogen and oxygen atoms in total. The summed E-state index contributed by atoms with van der Waals surface area (Å²) < 4.78 is 47.6. The topological polar surface area (TPSA) is 143 Å². The largest absolute Gasteiger partial charge is 0.481 e. The van der Waals surface area contributed by atoms with Crippen LogP contribution in [0.5, 0.6) is 0 Å². The average molecular weight is 544 g/mol. The molecule has 2 atom stereocenters. The molecular formula is C25H24F3N7O4. The molecule has 204 valence electrons. The van der Waals surface area contributed by atoms with Crippen molar-refractivity contribution in [3.63, 3.8) is 0 Å². The molecule has 0 radical (unpaired) electrons. The molecule has 14 heteroatoms. The summed E-state index contributed by atoms with van der Waals surface area (Å²) in [4.78, 5) is 24.9. The smallest absolute Gasteiger partial charge is 0.434 e. The predicted octanol–water partition coefficient (Wildman–Crippen LogP) is 3.62. The van der Waals surface area contributed by atoms with Crippen LogP contribution in [-0.4, -0.2) is 70.6 Å². The minimum Gasteiger partial charge on any atom is -0.481 e. The van der Waals surface area contributed by atoms with Crippen LogP contribution in [-0.2, 0) is 11.0 Å². The van der Waals surface area contributed by atoms with Crippen LogP contribution in [0.1, 0.15) is 36.6 Å². The van der Waals surface area contributed by atoms with E-state index in [-0.39, 0.29) is 30.0 Å². The third kappa shape index (κ3) is 5.96. The molecule has 1 aliphatic rings. The Kier molecular flexibility index (Phi) is 7.39. The summed E-state index contributed by atoms with van der Waals surface area (Å²) in [6.07, 6.45) is -0.196. The highest BCUT2D eigenvalue weighted by atomic mass is 19.4. The highest BCUT2D eigenvalue weighted by Crippen LogP contribution is 2.38. The van der Waals surface area contributed by atoms with E-state index in [0.29, 0.717) is 28.9 Å². The third-order valence-corrected chi connectivity index (χ3v) is 6.49. The van der Waals surface area contributed by atoms with Gasteiger partial charge in [-0.2, -0.15) is 27.9 Å². The zero-order valence-electron chi connectivity index (χ0n) is 20.5. The van der Waals surface area contributed by atoms with Crippen LogP contribution >= 0.6 is 0 Å². The molecule has 5 rings (SSSR count). The summed E-state index contributed by atoms with van der Waals surface area (Å²) in [5.74, 6) is -1.33. The fourth-order valence-electron chi connectivity index (χ4n) is 4.72. The second-order valence-corrected chi connectivity index (χ2v) is 9.29. The maximum Gasteiger partial charge on any atom is 0.434 e. The molecule has 1 aromatic carbocycles. The number of β-amino-alcohol motifs (C(OH)–C–C–N with tert-alkyl or cyclic N) is 1. The number of aromatic nitrogens is 6. The minimum atomic E-state index is -4.81. The normalized spacial score (nSPS) is 17.3. The van der Waals surface area contributed by atoms with Crippen molar-refractivity contribution in [3.8, 4) is 28.8 Å². The molecule has 0 amide bonds. The van der Waals surface area contributed by atoms with E-state index in [1.807, 2.05) is 0 Å². The van der Waals surface area contributed by atoms with Gasteiger partial charge in [0.25, 0.3) is 11.8 Å². The summed E-state index contributed by atoms with van der Waals surface area (Å²) in [7, 11) is 0. The SMILES string of the molecule is O=C(O)C[C@H]1CCCN(C[C@H](O)c2ccc(-c3noc(-c4cnn(-c5ncccn5)c4C(F)(F)F)n3)cc2)C1. The first kappa shape index (κ1) is 26.4. The number of aliphatic hydroxyl groups is 1. The number of rotatable bonds is 8. The average Bonchev–Trinajstić information content (AvgIpc) is 3.57. The van der Waals surface area contributed by atoms with E-state index in [0.717, 1.165) is 25.6 Å². The van der Waals surface area contributed by atoms with Gasteiger partial charge in [-0.05, 0) is 36.9 Å². The summed E-state index contributed by atoms with van der Waals surface area (Å²) in [6.45, 7) is 1.75. The lowest BCUT2D eigenvalue weighted by Crippen LogP contribution is -2.38. The number of nitrogens with zero attached hydrogens (tertiary/aromatic N) is 7. The quantitative estimate of drug-likeness (QED) is 0.338. The fraction of sp³-hybridized carbons (Fsp3) is 0.360. The van der Waals surface area contributed by atoms with Gasteiger partial charge in [-0.25, -0.2) is 9.97 Å². The van der Waals surface area contributed by atoms with Crippen LogP contribution in [0.15, 0.2) is 53.4 Å². The lowest BCUT2D eigenvalue weighted by molar-refractivity contribution is -0.142. The predicted molar refractivity (Wildman–Crippen MR) is 129 cm³/mol. The summed E-state index contributed by atoms with van der Waals surface area (Å²) in [5, 5.41) is 27.4. The van der Waals surface area contributed by atoms with Crippen LogP contribution in [0.3, 0.4) is 0 Å². The van der Waals surface area contributed by atoms with Crippen molar-refractivity contribution < 1.29 is 32.7 Å². The molecular weight excluding hydrogens is 519 g/mol. The van der Waals surface area contributed by atoms with Crippen molar-refractivity contribution in [2.24, 2.45) is 5.92 Å². The van der Waals surface area contributed by atoms with Crippen LogP contribution < -0.4 is 0 Å². The van der Waals surface area contributed by atoms with E-state index in [2.05, 4.69) is 30.1 Å². The Hall–Kier alpha value is -4.17. The van der Waals surface area contributed by atoms with Crippen molar-refractivity contribution in [2.75, 3.05) is 19.6 Å². The number of hydrogen-bond donors (Lipinski definition) is 2. The van der Waals surface area contributed by atoms with Crippen molar-refractivity contribution in [3.05, 3.63) is 60.2 Å². The number of alkyl halides is 3. The number of benzene rings is 1. The number of hydrogen-bond acceptors (Lipinski definition) is 9. The molecule has 0 unspecified atom stereocenters. The zero-order valence-corrected chi connectivity index (χ0v) is 20.5. The zero-order chi connectivity index (χ0) is 27.6. The molecule has 0 aliphatic carbocycles. The first-order chi connectivity index (χ1) is 18.7. The van der Waals surface area contributed by atoms with Gasteiger partial charge in [0.05, 0.1) is 17.9 Å².